The molecule has 0 aliphatic carbocycles. The third-order valence-electron chi connectivity index (χ3n) is 0.612. The molecule has 1 unspecified atom stereocenters. The van der Waals surface area contributed by atoms with Gasteiger partial charge in [0.1, 0.15) is 0 Å². The Kier molecular flexibility index (Phi) is 6.06. The van der Waals surface area contributed by atoms with Crippen molar-refractivity contribution in [3.05, 3.63) is 0 Å². The third-order valence-corrected chi connectivity index (χ3v) is 1.84. The molecule has 0 heterocycles. The Labute approximate surface area is 59.4 Å². The maximum Gasteiger partial charge on any atom is 0 e. The first-order chi connectivity index (χ1) is 2.56. The molecule has 7 heavy (non-hydrogen) atoms. The molecular weight excluding hydrogens is 118 g/mol. The standard InChI is InChI=1S/C5H13P.Al/c1-5(2,3)4-6;/h4,6H2,1-3H3;. The average molecular weight is 131 g/mol. The second-order valence-corrected chi connectivity index (χ2v) is 3.17. The van der Waals surface area contributed by atoms with E-state index in [1.807, 2.05) is 0 Å². The summed E-state index contributed by atoms with van der Waals surface area (Å²) in [5.74, 6) is 0. The SMILES string of the molecule is CC(C)(C)CP.[Al]. The Morgan fingerprint density at radius 3 is 1.43 bits per heavy atom. The zero-order valence-electron chi connectivity index (χ0n) is 5.36. The second-order valence-electron chi connectivity index (χ2n) is 2.76. The van der Waals surface area contributed by atoms with Crippen LogP contribution in [-0.4, -0.2) is 23.5 Å². The van der Waals surface area contributed by atoms with Gasteiger partial charge in [0.15, 0.2) is 0 Å². The molecule has 2 heteroatoms. The fourth-order valence-electron chi connectivity index (χ4n) is 0. The van der Waals surface area contributed by atoms with Crippen LogP contribution in [0.2, 0.25) is 0 Å². The highest BCUT2D eigenvalue weighted by Gasteiger charge is 2.03. The van der Waals surface area contributed by atoms with Gasteiger partial charge in [-0.3, -0.25) is 0 Å². The van der Waals surface area contributed by atoms with E-state index in [0.29, 0.717) is 5.41 Å². The minimum atomic E-state index is 0. The van der Waals surface area contributed by atoms with Gasteiger partial charge >= 0.3 is 0 Å². The van der Waals surface area contributed by atoms with Crippen molar-refractivity contribution in [3.63, 3.8) is 0 Å². The van der Waals surface area contributed by atoms with Crippen molar-refractivity contribution >= 4 is 26.6 Å². The smallest absolute Gasteiger partial charge is 0 e. The second kappa shape index (κ2) is 3.90. The summed E-state index contributed by atoms with van der Waals surface area (Å²) in [6.45, 7) is 6.67. The van der Waals surface area contributed by atoms with Gasteiger partial charge in [0.25, 0.3) is 0 Å². The van der Waals surface area contributed by atoms with E-state index >= 15 is 0 Å². The summed E-state index contributed by atoms with van der Waals surface area (Å²) in [7, 11) is 2.72. The number of rotatable bonds is 0. The van der Waals surface area contributed by atoms with E-state index in [1.54, 1.807) is 0 Å². The van der Waals surface area contributed by atoms with Crippen molar-refractivity contribution < 1.29 is 0 Å². The molecule has 1 atom stereocenters. The molecule has 0 amide bonds. The summed E-state index contributed by atoms with van der Waals surface area (Å²) in [5, 5.41) is 0. The molecule has 0 spiro atoms. The molecule has 0 nitrogen and oxygen atoms in total. The molecule has 0 aliphatic heterocycles. The third kappa shape index (κ3) is 10.9. The molecule has 3 radical (unpaired) electrons. The number of hydrogen-bond acceptors (Lipinski definition) is 0. The predicted octanol–water partition coefficient (Wildman–Crippen LogP) is 1.53. The van der Waals surface area contributed by atoms with Gasteiger partial charge < -0.3 is 0 Å². The van der Waals surface area contributed by atoms with Gasteiger partial charge in [0.05, 0.1) is 0 Å². The fourth-order valence-corrected chi connectivity index (χ4v) is 0. The van der Waals surface area contributed by atoms with Crippen LogP contribution in [0.1, 0.15) is 20.8 Å². The van der Waals surface area contributed by atoms with Crippen LogP contribution in [0.25, 0.3) is 0 Å². The predicted molar refractivity (Wildman–Crippen MR) is 39.8 cm³/mol. The maximum absolute atomic E-state index is 2.72. The lowest BCUT2D eigenvalue weighted by Gasteiger charge is -2.12. The van der Waals surface area contributed by atoms with Crippen LogP contribution in [0.3, 0.4) is 0 Å². The first-order valence-corrected chi connectivity index (χ1v) is 3.08. The van der Waals surface area contributed by atoms with Gasteiger partial charge in [-0.1, -0.05) is 20.8 Å². The van der Waals surface area contributed by atoms with E-state index in [9.17, 15) is 0 Å². The molecule has 0 saturated carbocycles. The Morgan fingerprint density at radius 1 is 1.29 bits per heavy atom. The number of hydrogen-bond donors (Lipinski definition) is 0. The van der Waals surface area contributed by atoms with Crippen LogP contribution < -0.4 is 0 Å². The molecule has 0 fully saturated rings. The zero-order valence-corrected chi connectivity index (χ0v) is 7.67. The molecule has 0 N–H and O–H groups in total. The van der Waals surface area contributed by atoms with Crippen LogP contribution >= 0.6 is 9.24 Å². The first-order valence-electron chi connectivity index (χ1n) is 2.26. The highest BCUT2D eigenvalue weighted by atomic mass is 31.0. The van der Waals surface area contributed by atoms with E-state index in [2.05, 4.69) is 30.0 Å². The summed E-state index contributed by atoms with van der Waals surface area (Å²) in [4.78, 5) is 0. The van der Waals surface area contributed by atoms with E-state index in [1.165, 1.54) is 6.16 Å². The van der Waals surface area contributed by atoms with E-state index in [0.717, 1.165) is 0 Å². The van der Waals surface area contributed by atoms with Crippen LogP contribution in [0.4, 0.5) is 0 Å². The van der Waals surface area contributed by atoms with Crippen molar-refractivity contribution in [2.75, 3.05) is 6.16 Å². The lowest BCUT2D eigenvalue weighted by molar-refractivity contribution is 0.480. The van der Waals surface area contributed by atoms with Crippen molar-refractivity contribution in [1.29, 1.82) is 0 Å². The lowest BCUT2D eigenvalue weighted by atomic mass is 10.0. The summed E-state index contributed by atoms with van der Waals surface area (Å²) >= 11 is 0. The summed E-state index contributed by atoms with van der Waals surface area (Å²) in [5.41, 5.74) is 0.505. The fraction of sp³-hybridized carbons (Fsp3) is 1.00. The van der Waals surface area contributed by atoms with Gasteiger partial charge in [0.2, 0.25) is 0 Å². The van der Waals surface area contributed by atoms with Crippen LogP contribution in [0.5, 0.6) is 0 Å². The van der Waals surface area contributed by atoms with Gasteiger partial charge in [-0.25, -0.2) is 0 Å². The maximum atomic E-state index is 2.72. The zero-order chi connectivity index (χ0) is 5.21. The summed E-state index contributed by atoms with van der Waals surface area (Å²) in [6.07, 6.45) is 1.19. The molecule has 0 aliphatic rings. The molecule has 0 rings (SSSR count). The summed E-state index contributed by atoms with van der Waals surface area (Å²) < 4.78 is 0. The molecule has 0 bridgehead atoms. The van der Waals surface area contributed by atoms with Gasteiger partial charge in [-0.2, -0.15) is 0 Å². The van der Waals surface area contributed by atoms with Crippen LogP contribution in [-0.2, 0) is 0 Å². The van der Waals surface area contributed by atoms with Gasteiger partial charge in [-0.15, -0.1) is 9.24 Å². The highest BCUT2D eigenvalue weighted by molar-refractivity contribution is 7.16. The monoisotopic (exact) mass is 131 g/mol. The average Bonchev–Trinajstić information content (AvgIpc) is 1.35. The van der Waals surface area contributed by atoms with Crippen LogP contribution in [0.15, 0.2) is 0 Å². The molecule has 0 aromatic heterocycles. The van der Waals surface area contributed by atoms with Gasteiger partial charge in [0, 0.05) is 17.4 Å². The van der Waals surface area contributed by atoms with E-state index < -0.39 is 0 Å². The van der Waals surface area contributed by atoms with Gasteiger partial charge in [-0.05, 0) is 11.6 Å². The van der Waals surface area contributed by atoms with Crippen LogP contribution in [0, 0.1) is 5.41 Å². The summed E-state index contributed by atoms with van der Waals surface area (Å²) in [6, 6.07) is 0. The first kappa shape index (κ1) is 10.9. The quantitative estimate of drug-likeness (QED) is 0.345. The minimum absolute atomic E-state index is 0. The molecular formula is C5H13AlP. The molecule has 0 saturated heterocycles. The van der Waals surface area contributed by atoms with Crippen molar-refractivity contribution in [2.45, 2.75) is 20.8 Å². The van der Waals surface area contributed by atoms with E-state index in [4.69, 9.17) is 0 Å². The highest BCUT2D eigenvalue weighted by Crippen LogP contribution is 2.14. The Morgan fingerprint density at radius 2 is 1.43 bits per heavy atom. The Balaban J connectivity index is 0. The lowest BCUT2D eigenvalue weighted by Crippen LogP contribution is -2.04. The molecule has 0 aromatic carbocycles. The Hall–Kier alpha value is 0.962. The van der Waals surface area contributed by atoms with Crippen molar-refractivity contribution in [2.24, 2.45) is 5.41 Å². The molecule has 0 aromatic rings. The topological polar surface area (TPSA) is 0 Å². The Bertz CT molecular complexity index is 37.8. The largest absolute Gasteiger partial charge is 0.137 e. The van der Waals surface area contributed by atoms with E-state index in [-0.39, 0.29) is 17.4 Å². The molecule has 41 valence electrons. The van der Waals surface area contributed by atoms with Crippen molar-refractivity contribution in [3.8, 4) is 0 Å². The normalized spacial score (nSPS) is 10.3. The van der Waals surface area contributed by atoms with Crippen molar-refractivity contribution in [1.82, 2.24) is 0 Å². The minimum Gasteiger partial charge on any atom is -0.137 e.